The van der Waals surface area contributed by atoms with Gasteiger partial charge in [0, 0.05) is 30.2 Å². The number of carboxylic acids is 1. The predicted molar refractivity (Wildman–Crippen MR) is 90.7 cm³/mol. The second-order valence-electron chi connectivity index (χ2n) is 5.94. The van der Waals surface area contributed by atoms with E-state index in [1.807, 2.05) is 6.07 Å². The molecule has 130 valence electrons. The van der Waals surface area contributed by atoms with Crippen LogP contribution in [0.3, 0.4) is 0 Å². The van der Waals surface area contributed by atoms with Gasteiger partial charge in [0.05, 0.1) is 12.5 Å². The highest BCUT2D eigenvalue weighted by molar-refractivity contribution is 9.10. The SMILES string of the molecule is COCC(C)(NC(=O)C1CC(=O)N(c2cccc(Br)c2)C1)C(=O)O. The van der Waals surface area contributed by atoms with Crippen molar-refractivity contribution < 1.29 is 24.2 Å². The number of methoxy groups -OCH3 is 1. The first kappa shape index (κ1) is 18.4. The average Bonchev–Trinajstić information content (AvgIpc) is 2.89. The van der Waals surface area contributed by atoms with Crippen LogP contribution < -0.4 is 10.2 Å². The van der Waals surface area contributed by atoms with E-state index in [1.165, 1.54) is 18.9 Å². The molecule has 0 aromatic heterocycles. The largest absolute Gasteiger partial charge is 0.479 e. The fourth-order valence-electron chi connectivity index (χ4n) is 2.59. The van der Waals surface area contributed by atoms with E-state index in [1.54, 1.807) is 18.2 Å². The quantitative estimate of drug-likeness (QED) is 0.754. The number of hydrogen-bond donors (Lipinski definition) is 2. The van der Waals surface area contributed by atoms with E-state index in [0.29, 0.717) is 5.69 Å². The van der Waals surface area contributed by atoms with Crippen molar-refractivity contribution in [2.75, 3.05) is 25.2 Å². The molecule has 24 heavy (non-hydrogen) atoms. The Labute approximate surface area is 148 Å². The Hall–Kier alpha value is -1.93. The molecule has 1 aromatic rings. The molecule has 2 atom stereocenters. The van der Waals surface area contributed by atoms with Crippen molar-refractivity contribution in [1.82, 2.24) is 5.32 Å². The molecule has 0 radical (unpaired) electrons. The second-order valence-corrected chi connectivity index (χ2v) is 6.86. The number of amides is 2. The van der Waals surface area contributed by atoms with Crippen LogP contribution >= 0.6 is 15.9 Å². The van der Waals surface area contributed by atoms with E-state index in [2.05, 4.69) is 21.2 Å². The van der Waals surface area contributed by atoms with E-state index >= 15 is 0 Å². The van der Waals surface area contributed by atoms with Crippen molar-refractivity contribution >= 4 is 39.4 Å². The zero-order valence-electron chi connectivity index (χ0n) is 13.4. The fraction of sp³-hybridized carbons (Fsp3) is 0.438. The third-order valence-electron chi connectivity index (χ3n) is 3.92. The smallest absolute Gasteiger partial charge is 0.331 e. The van der Waals surface area contributed by atoms with Crippen LogP contribution in [0, 0.1) is 5.92 Å². The van der Waals surface area contributed by atoms with Gasteiger partial charge in [-0.3, -0.25) is 9.59 Å². The summed E-state index contributed by atoms with van der Waals surface area (Å²) in [6.07, 6.45) is 0.0427. The van der Waals surface area contributed by atoms with Crippen LogP contribution in [-0.2, 0) is 19.1 Å². The van der Waals surface area contributed by atoms with Crippen molar-refractivity contribution in [2.24, 2.45) is 5.92 Å². The van der Waals surface area contributed by atoms with Crippen LogP contribution in [0.4, 0.5) is 5.69 Å². The molecule has 0 bridgehead atoms. The number of aliphatic carboxylic acids is 1. The van der Waals surface area contributed by atoms with Crippen LogP contribution in [0.2, 0.25) is 0 Å². The van der Waals surface area contributed by atoms with E-state index in [9.17, 15) is 19.5 Å². The average molecular weight is 399 g/mol. The van der Waals surface area contributed by atoms with Crippen LogP contribution in [0.15, 0.2) is 28.7 Å². The number of nitrogens with zero attached hydrogens (tertiary/aromatic N) is 1. The van der Waals surface area contributed by atoms with Crippen molar-refractivity contribution in [1.29, 1.82) is 0 Å². The van der Waals surface area contributed by atoms with Crippen LogP contribution in [0.1, 0.15) is 13.3 Å². The second kappa shape index (κ2) is 7.31. The number of hydrogen-bond acceptors (Lipinski definition) is 4. The number of nitrogens with one attached hydrogen (secondary N) is 1. The lowest BCUT2D eigenvalue weighted by Gasteiger charge is -2.26. The summed E-state index contributed by atoms with van der Waals surface area (Å²) in [7, 11) is 1.36. The summed E-state index contributed by atoms with van der Waals surface area (Å²) in [5.74, 6) is -2.43. The van der Waals surface area contributed by atoms with Gasteiger partial charge in [-0.2, -0.15) is 0 Å². The zero-order valence-corrected chi connectivity index (χ0v) is 15.0. The third kappa shape index (κ3) is 3.93. The molecule has 1 aliphatic heterocycles. The van der Waals surface area contributed by atoms with Crippen LogP contribution in [0.5, 0.6) is 0 Å². The van der Waals surface area contributed by atoms with Gasteiger partial charge in [0.2, 0.25) is 11.8 Å². The first-order valence-electron chi connectivity index (χ1n) is 7.37. The van der Waals surface area contributed by atoms with Gasteiger partial charge in [-0.25, -0.2) is 4.79 Å². The number of halogens is 1. The lowest BCUT2D eigenvalue weighted by molar-refractivity contribution is -0.149. The molecule has 1 saturated heterocycles. The molecule has 1 aromatic carbocycles. The Morgan fingerprint density at radius 2 is 2.21 bits per heavy atom. The van der Waals surface area contributed by atoms with E-state index < -0.39 is 23.3 Å². The Bertz CT molecular complexity index is 666. The van der Waals surface area contributed by atoms with Crippen LogP contribution in [0.25, 0.3) is 0 Å². The van der Waals surface area contributed by atoms with Gasteiger partial charge in [-0.05, 0) is 25.1 Å². The summed E-state index contributed by atoms with van der Waals surface area (Å²) in [5.41, 5.74) is -0.833. The van der Waals surface area contributed by atoms with Crippen molar-refractivity contribution in [3.05, 3.63) is 28.7 Å². The standard InChI is InChI=1S/C16H19BrN2O5/c1-16(9-24-2,15(22)23)18-14(21)10-6-13(20)19(8-10)12-5-3-4-11(17)7-12/h3-5,7,10H,6,8-9H2,1-2H3,(H,18,21)(H,22,23). The number of benzene rings is 1. The maximum Gasteiger partial charge on any atom is 0.331 e. The predicted octanol–water partition coefficient (Wildman–Crippen LogP) is 1.41. The highest BCUT2D eigenvalue weighted by Crippen LogP contribution is 2.27. The number of ether oxygens (including phenoxy) is 1. The summed E-state index contributed by atoms with van der Waals surface area (Å²) < 4.78 is 5.71. The van der Waals surface area contributed by atoms with Crippen molar-refractivity contribution in [3.63, 3.8) is 0 Å². The lowest BCUT2D eigenvalue weighted by atomic mass is 10.0. The Kier molecular flexibility index (Phi) is 5.61. The van der Waals surface area contributed by atoms with Gasteiger partial charge < -0.3 is 20.1 Å². The molecule has 2 unspecified atom stereocenters. The molecule has 0 saturated carbocycles. The number of anilines is 1. The fourth-order valence-corrected chi connectivity index (χ4v) is 2.98. The Morgan fingerprint density at radius 3 is 2.79 bits per heavy atom. The summed E-state index contributed by atoms with van der Waals surface area (Å²) in [4.78, 5) is 37.5. The van der Waals surface area contributed by atoms with E-state index in [4.69, 9.17) is 4.74 Å². The number of carbonyl (C=O) groups excluding carboxylic acids is 2. The first-order valence-corrected chi connectivity index (χ1v) is 8.16. The zero-order chi connectivity index (χ0) is 17.9. The monoisotopic (exact) mass is 398 g/mol. The minimum absolute atomic E-state index is 0.0427. The molecule has 1 aliphatic rings. The maximum atomic E-state index is 12.4. The Balaban J connectivity index is 2.10. The lowest BCUT2D eigenvalue weighted by Crippen LogP contribution is -2.56. The molecule has 0 spiro atoms. The maximum absolute atomic E-state index is 12.4. The molecular formula is C16H19BrN2O5. The molecule has 1 fully saturated rings. The number of rotatable bonds is 6. The van der Waals surface area contributed by atoms with Gasteiger partial charge in [-0.15, -0.1) is 0 Å². The van der Waals surface area contributed by atoms with Gasteiger partial charge in [-0.1, -0.05) is 22.0 Å². The van der Waals surface area contributed by atoms with E-state index in [-0.39, 0.29) is 25.5 Å². The highest BCUT2D eigenvalue weighted by atomic mass is 79.9. The van der Waals surface area contributed by atoms with E-state index in [0.717, 1.165) is 4.47 Å². The summed E-state index contributed by atoms with van der Waals surface area (Å²) >= 11 is 3.35. The molecule has 2 N–H and O–H groups in total. The van der Waals surface area contributed by atoms with Gasteiger partial charge in [0.15, 0.2) is 5.54 Å². The minimum atomic E-state index is -1.53. The molecule has 0 aliphatic carbocycles. The van der Waals surface area contributed by atoms with Crippen molar-refractivity contribution in [2.45, 2.75) is 18.9 Å². The first-order chi connectivity index (χ1) is 11.3. The Morgan fingerprint density at radius 1 is 1.50 bits per heavy atom. The third-order valence-corrected chi connectivity index (χ3v) is 4.41. The van der Waals surface area contributed by atoms with Gasteiger partial charge in [0.25, 0.3) is 0 Å². The molecule has 2 rings (SSSR count). The molecule has 2 amide bonds. The molecular weight excluding hydrogens is 380 g/mol. The molecule has 1 heterocycles. The number of carboxylic acid groups (broad SMARTS) is 1. The minimum Gasteiger partial charge on any atom is -0.479 e. The topological polar surface area (TPSA) is 95.9 Å². The van der Waals surface area contributed by atoms with Gasteiger partial charge >= 0.3 is 5.97 Å². The summed E-state index contributed by atoms with van der Waals surface area (Å²) in [6, 6.07) is 7.23. The molecule has 7 nitrogen and oxygen atoms in total. The molecule has 8 heteroatoms. The van der Waals surface area contributed by atoms with Gasteiger partial charge in [0.1, 0.15) is 0 Å². The van der Waals surface area contributed by atoms with Crippen molar-refractivity contribution in [3.8, 4) is 0 Å². The summed E-state index contributed by atoms with van der Waals surface area (Å²) in [6.45, 7) is 1.42. The van der Waals surface area contributed by atoms with Crippen LogP contribution in [-0.4, -0.2) is 48.7 Å². The number of carbonyl (C=O) groups is 3. The highest BCUT2D eigenvalue weighted by Gasteiger charge is 2.41. The normalized spacial score (nSPS) is 19.9. The summed E-state index contributed by atoms with van der Waals surface area (Å²) in [5, 5.41) is 11.8.